The smallest absolute Gasteiger partial charge is 0.149 e. The predicted octanol–water partition coefficient (Wildman–Crippen LogP) is 1.35. The SMILES string of the molecule is CN1CCCC(/C(Cl)=N\O)C1. The number of halogens is 1. The van der Waals surface area contributed by atoms with Crippen LogP contribution in [0.25, 0.3) is 0 Å². The van der Waals surface area contributed by atoms with Gasteiger partial charge in [-0.05, 0) is 26.4 Å². The molecule has 1 atom stereocenters. The Morgan fingerprint density at radius 1 is 1.73 bits per heavy atom. The van der Waals surface area contributed by atoms with Gasteiger partial charge in [-0.1, -0.05) is 16.8 Å². The molecule has 0 aliphatic carbocycles. The Labute approximate surface area is 71.6 Å². The van der Waals surface area contributed by atoms with Gasteiger partial charge in [0, 0.05) is 12.5 Å². The fraction of sp³-hybridized carbons (Fsp3) is 0.857. The van der Waals surface area contributed by atoms with E-state index in [9.17, 15) is 0 Å². The third-order valence-electron chi connectivity index (χ3n) is 2.06. The van der Waals surface area contributed by atoms with E-state index in [0.29, 0.717) is 5.17 Å². The molecule has 0 bridgehead atoms. The average Bonchev–Trinajstić information content (AvgIpc) is 2.03. The van der Waals surface area contributed by atoms with Gasteiger partial charge in [0.05, 0.1) is 0 Å². The third kappa shape index (κ3) is 2.34. The van der Waals surface area contributed by atoms with Crippen molar-refractivity contribution in [3.05, 3.63) is 0 Å². The van der Waals surface area contributed by atoms with E-state index in [1.165, 1.54) is 0 Å². The van der Waals surface area contributed by atoms with Crippen LogP contribution in [0.15, 0.2) is 5.16 Å². The van der Waals surface area contributed by atoms with Crippen LogP contribution in [0.2, 0.25) is 0 Å². The van der Waals surface area contributed by atoms with Crippen LogP contribution < -0.4 is 0 Å². The van der Waals surface area contributed by atoms with Gasteiger partial charge in [-0.2, -0.15) is 0 Å². The minimum absolute atomic E-state index is 0.236. The normalized spacial score (nSPS) is 28.9. The van der Waals surface area contributed by atoms with Gasteiger partial charge in [0.25, 0.3) is 0 Å². The van der Waals surface area contributed by atoms with Crippen LogP contribution in [-0.4, -0.2) is 35.4 Å². The second-order valence-corrected chi connectivity index (χ2v) is 3.41. The fourth-order valence-corrected chi connectivity index (χ4v) is 1.62. The molecule has 0 amide bonds. The van der Waals surface area contributed by atoms with Crippen molar-refractivity contribution in [2.24, 2.45) is 11.1 Å². The van der Waals surface area contributed by atoms with Crippen molar-refractivity contribution >= 4 is 16.8 Å². The highest BCUT2D eigenvalue weighted by atomic mass is 35.5. The number of piperidine rings is 1. The predicted molar refractivity (Wildman–Crippen MR) is 45.3 cm³/mol. The third-order valence-corrected chi connectivity index (χ3v) is 2.44. The van der Waals surface area contributed by atoms with Crippen LogP contribution in [0, 0.1) is 5.92 Å². The topological polar surface area (TPSA) is 35.8 Å². The van der Waals surface area contributed by atoms with Crippen molar-refractivity contribution in [1.29, 1.82) is 0 Å². The van der Waals surface area contributed by atoms with Crippen LogP contribution in [0.5, 0.6) is 0 Å². The van der Waals surface area contributed by atoms with Crippen molar-refractivity contribution < 1.29 is 5.21 Å². The molecule has 0 radical (unpaired) electrons. The summed E-state index contributed by atoms with van der Waals surface area (Å²) in [5, 5.41) is 11.8. The molecule has 1 N–H and O–H groups in total. The Bertz CT molecular complexity index is 161. The zero-order valence-electron chi connectivity index (χ0n) is 6.63. The van der Waals surface area contributed by atoms with Gasteiger partial charge in [-0.25, -0.2) is 0 Å². The fourth-order valence-electron chi connectivity index (χ4n) is 1.44. The molecule has 1 fully saturated rings. The Balaban J connectivity index is 2.46. The molecule has 1 unspecified atom stereocenters. The first-order chi connectivity index (χ1) is 5.24. The van der Waals surface area contributed by atoms with E-state index in [0.717, 1.165) is 25.9 Å². The number of hydrogen-bond acceptors (Lipinski definition) is 3. The van der Waals surface area contributed by atoms with E-state index in [4.69, 9.17) is 16.8 Å². The summed E-state index contributed by atoms with van der Waals surface area (Å²) in [4.78, 5) is 2.20. The zero-order chi connectivity index (χ0) is 8.27. The Morgan fingerprint density at radius 3 is 3.00 bits per heavy atom. The molecule has 1 aliphatic rings. The van der Waals surface area contributed by atoms with Gasteiger partial charge in [0.15, 0.2) is 0 Å². The van der Waals surface area contributed by atoms with Crippen LogP contribution in [-0.2, 0) is 0 Å². The summed E-state index contributed by atoms with van der Waals surface area (Å²) in [5.41, 5.74) is 0. The monoisotopic (exact) mass is 176 g/mol. The number of likely N-dealkylation sites (tertiary alicyclic amines) is 1. The van der Waals surface area contributed by atoms with Crippen LogP contribution in [0.3, 0.4) is 0 Å². The highest BCUT2D eigenvalue weighted by Crippen LogP contribution is 2.18. The molecule has 0 aromatic heterocycles. The minimum atomic E-state index is 0.236. The molecule has 4 heteroatoms. The largest absolute Gasteiger partial charge is 0.410 e. The molecular formula is C7H13ClN2O. The Morgan fingerprint density at radius 2 is 2.45 bits per heavy atom. The van der Waals surface area contributed by atoms with Crippen molar-refractivity contribution in [3.63, 3.8) is 0 Å². The maximum absolute atomic E-state index is 8.41. The van der Waals surface area contributed by atoms with Gasteiger partial charge in [-0.15, -0.1) is 0 Å². The summed E-state index contributed by atoms with van der Waals surface area (Å²) >= 11 is 5.68. The molecular weight excluding hydrogens is 164 g/mol. The first-order valence-corrected chi connectivity index (χ1v) is 4.18. The van der Waals surface area contributed by atoms with Gasteiger partial charge in [-0.3, -0.25) is 0 Å². The molecule has 11 heavy (non-hydrogen) atoms. The lowest BCUT2D eigenvalue weighted by atomic mass is 10.00. The van der Waals surface area contributed by atoms with E-state index in [1.807, 2.05) is 7.05 Å². The number of hydrogen-bond donors (Lipinski definition) is 1. The van der Waals surface area contributed by atoms with Crippen LogP contribution in [0.4, 0.5) is 0 Å². The molecule has 1 saturated heterocycles. The summed E-state index contributed by atoms with van der Waals surface area (Å²) in [7, 11) is 2.05. The minimum Gasteiger partial charge on any atom is -0.410 e. The van der Waals surface area contributed by atoms with E-state index in [2.05, 4.69) is 10.1 Å². The number of rotatable bonds is 1. The van der Waals surface area contributed by atoms with Crippen molar-refractivity contribution in [1.82, 2.24) is 4.90 Å². The van der Waals surface area contributed by atoms with Crippen molar-refractivity contribution in [3.8, 4) is 0 Å². The average molecular weight is 177 g/mol. The highest BCUT2D eigenvalue weighted by molar-refractivity contribution is 6.65. The van der Waals surface area contributed by atoms with E-state index in [1.54, 1.807) is 0 Å². The van der Waals surface area contributed by atoms with Crippen molar-refractivity contribution in [2.75, 3.05) is 20.1 Å². The second-order valence-electron chi connectivity index (χ2n) is 3.02. The summed E-state index contributed by atoms with van der Waals surface area (Å²) in [6, 6.07) is 0. The standard InChI is InChI=1S/C7H13ClN2O/c1-10-4-2-3-6(5-10)7(8)9-11/h6,11H,2-5H2,1H3/b9-7+. The number of oxime groups is 1. The lowest BCUT2D eigenvalue weighted by Gasteiger charge is -2.27. The van der Waals surface area contributed by atoms with Gasteiger partial charge >= 0.3 is 0 Å². The highest BCUT2D eigenvalue weighted by Gasteiger charge is 2.20. The summed E-state index contributed by atoms with van der Waals surface area (Å²) in [6.45, 7) is 2.02. The quantitative estimate of drug-likeness (QED) is 0.372. The number of nitrogens with zero attached hydrogens (tertiary/aromatic N) is 2. The summed E-state index contributed by atoms with van der Waals surface area (Å²) in [5.74, 6) is 0.236. The first-order valence-electron chi connectivity index (χ1n) is 3.80. The second kappa shape index (κ2) is 3.93. The molecule has 1 heterocycles. The first kappa shape index (κ1) is 8.81. The Kier molecular flexibility index (Phi) is 3.15. The Hall–Kier alpha value is -0.280. The van der Waals surface area contributed by atoms with Crippen molar-refractivity contribution in [2.45, 2.75) is 12.8 Å². The molecule has 0 saturated carbocycles. The molecule has 0 aromatic carbocycles. The van der Waals surface area contributed by atoms with Gasteiger partial charge < -0.3 is 10.1 Å². The van der Waals surface area contributed by atoms with Crippen LogP contribution >= 0.6 is 11.6 Å². The van der Waals surface area contributed by atoms with E-state index in [-0.39, 0.29) is 5.92 Å². The van der Waals surface area contributed by atoms with Gasteiger partial charge in [0.2, 0.25) is 0 Å². The molecule has 1 rings (SSSR count). The van der Waals surface area contributed by atoms with Crippen LogP contribution in [0.1, 0.15) is 12.8 Å². The lowest BCUT2D eigenvalue weighted by Crippen LogP contribution is -2.34. The molecule has 3 nitrogen and oxygen atoms in total. The lowest BCUT2D eigenvalue weighted by molar-refractivity contribution is 0.242. The molecule has 0 spiro atoms. The maximum atomic E-state index is 8.41. The van der Waals surface area contributed by atoms with E-state index < -0.39 is 0 Å². The molecule has 64 valence electrons. The molecule has 1 aliphatic heterocycles. The summed E-state index contributed by atoms with van der Waals surface area (Å²) in [6.07, 6.45) is 2.17. The maximum Gasteiger partial charge on any atom is 0.149 e. The zero-order valence-corrected chi connectivity index (χ0v) is 7.38. The van der Waals surface area contributed by atoms with Gasteiger partial charge in [0.1, 0.15) is 5.17 Å². The van der Waals surface area contributed by atoms with E-state index >= 15 is 0 Å². The molecule has 0 aromatic rings. The summed E-state index contributed by atoms with van der Waals surface area (Å²) < 4.78 is 0.